The molecule has 2 aromatic carbocycles. The lowest BCUT2D eigenvalue weighted by molar-refractivity contribution is 0.102. The standard InChI is InChI=1S/C22H22N2O3/c1-3-27-20-12-5-4-11-19(20)23-21(25)18-10-7-13-24(22(18)26)15-17-9-6-8-16(2)14-17/h4-14H,3,15H2,1-2H3,(H,23,25). The molecule has 0 fully saturated rings. The van der Waals surface area contributed by atoms with Crippen LogP contribution in [0.1, 0.15) is 28.4 Å². The van der Waals surface area contributed by atoms with Gasteiger partial charge in [-0.05, 0) is 43.7 Å². The average molecular weight is 362 g/mol. The van der Waals surface area contributed by atoms with Gasteiger partial charge in [0.25, 0.3) is 11.5 Å². The van der Waals surface area contributed by atoms with Gasteiger partial charge < -0.3 is 14.6 Å². The number of para-hydroxylation sites is 2. The summed E-state index contributed by atoms with van der Waals surface area (Å²) in [5.74, 6) is 0.120. The number of benzene rings is 2. The lowest BCUT2D eigenvalue weighted by Gasteiger charge is -2.12. The fourth-order valence-corrected chi connectivity index (χ4v) is 2.88. The first-order chi connectivity index (χ1) is 13.1. The van der Waals surface area contributed by atoms with E-state index < -0.39 is 5.91 Å². The van der Waals surface area contributed by atoms with E-state index in [1.54, 1.807) is 30.5 Å². The number of ether oxygens (including phenoxy) is 1. The Morgan fingerprint density at radius 2 is 1.89 bits per heavy atom. The molecule has 1 heterocycles. The van der Waals surface area contributed by atoms with Gasteiger partial charge in [-0.25, -0.2) is 0 Å². The number of amides is 1. The second kappa shape index (κ2) is 8.36. The minimum absolute atomic E-state index is 0.0939. The molecule has 0 aliphatic carbocycles. The van der Waals surface area contributed by atoms with Crippen molar-refractivity contribution >= 4 is 11.6 Å². The highest BCUT2D eigenvalue weighted by molar-refractivity contribution is 6.04. The van der Waals surface area contributed by atoms with Gasteiger partial charge in [-0.3, -0.25) is 9.59 Å². The number of anilines is 1. The second-order valence-electron chi connectivity index (χ2n) is 6.23. The van der Waals surface area contributed by atoms with E-state index in [0.717, 1.165) is 11.1 Å². The molecule has 0 radical (unpaired) electrons. The summed E-state index contributed by atoms with van der Waals surface area (Å²) < 4.78 is 7.06. The van der Waals surface area contributed by atoms with E-state index in [9.17, 15) is 9.59 Å². The van der Waals surface area contributed by atoms with E-state index >= 15 is 0 Å². The maximum Gasteiger partial charge on any atom is 0.263 e. The van der Waals surface area contributed by atoms with Crippen LogP contribution in [0.5, 0.6) is 5.75 Å². The summed E-state index contributed by atoms with van der Waals surface area (Å²) in [7, 11) is 0. The molecule has 0 aliphatic heterocycles. The van der Waals surface area contributed by atoms with E-state index in [1.165, 1.54) is 10.6 Å². The molecule has 0 aliphatic rings. The molecule has 0 spiro atoms. The predicted molar refractivity (Wildman–Crippen MR) is 107 cm³/mol. The monoisotopic (exact) mass is 362 g/mol. The summed E-state index contributed by atoms with van der Waals surface area (Å²) in [6, 6.07) is 18.4. The van der Waals surface area contributed by atoms with Crippen molar-refractivity contribution in [1.29, 1.82) is 0 Å². The highest BCUT2D eigenvalue weighted by Crippen LogP contribution is 2.24. The minimum Gasteiger partial charge on any atom is -0.492 e. The summed E-state index contributed by atoms with van der Waals surface area (Å²) in [4.78, 5) is 25.4. The van der Waals surface area contributed by atoms with E-state index in [2.05, 4.69) is 5.32 Å². The largest absolute Gasteiger partial charge is 0.492 e. The van der Waals surface area contributed by atoms with Crippen LogP contribution in [0.15, 0.2) is 71.7 Å². The topological polar surface area (TPSA) is 60.3 Å². The van der Waals surface area contributed by atoms with Crippen molar-refractivity contribution in [2.24, 2.45) is 0 Å². The zero-order chi connectivity index (χ0) is 19.2. The molecule has 0 saturated carbocycles. The molecular weight excluding hydrogens is 340 g/mol. The van der Waals surface area contributed by atoms with E-state index in [0.29, 0.717) is 24.6 Å². The van der Waals surface area contributed by atoms with Crippen molar-refractivity contribution in [2.75, 3.05) is 11.9 Å². The summed E-state index contributed by atoms with van der Waals surface area (Å²) in [6.45, 7) is 4.78. The second-order valence-corrected chi connectivity index (χ2v) is 6.23. The van der Waals surface area contributed by atoms with Gasteiger partial charge in [0.2, 0.25) is 0 Å². The first-order valence-corrected chi connectivity index (χ1v) is 8.86. The van der Waals surface area contributed by atoms with Crippen LogP contribution in [0, 0.1) is 6.92 Å². The number of aromatic nitrogens is 1. The third kappa shape index (κ3) is 4.44. The predicted octanol–water partition coefficient (Wildman–Crippen LogP) is 3.86. The van der Waals surface area contributed by atoms with Crippen molar-refractivity contribution in [3.8, 4) is 5.75 Å². The van der Waals surface area contributed by atoms with Gasteiger partial charge in [0.05, 0.1) is 18.8 Å². The Labute approximate surface area is 158 Å². The Bertz CT molecular complexity index is 1010. The Morgan fingerprint density at radius 1 is 1.07 bits per heavy atom. The fraction of sp³-hybridized carbons (Fsp3) is 0.182. The van der Waals surface area contributed by atoms with Crippen molar-refractivity contribution in [2.45, 2.75) is 20.4 Å². The third-order valence-corrected chi connectivity index (χ3v) is 4.14. The number of pyridine rings is 1. The molecule has 1 aromatic heterocycles. The van der Waals surface area contributed by atoms with Crippen LogP contribution in [-0.2, 0) is 6.54 Å². The van der Waals surface area contributed by atoms with Gasteiger partial charge in [-0.1, -0.05) is 42.0 Å². The Morgan fingerprint density at radius 3 is 2.67 bits per heavy atom. The number of hydrogen-bond donors (Lipinski definition) is 1. The van der Waals surface area contributed by atoms with E-state index in [1.807, 2.05) is 44.2 Å². The van der Waals surface area contributed by atoms with Crippen LogP contribution in [0.3, 0.4) is 0 Å². The molecule has 5 heteroatoms. The average Bonchev–Trinajstić information content (AvgIpc) is 2.65. The fourth-order valence-electron chi connectivity index (χ4n) is 2.88. The molecule has 3 rings (SSSR count). The van der Waals surface area contributed by atoms with Gasteiger partial charge in [0, 0.05) is 6.20 Å². The number of aryl methyl sites for hydroxylation is 1. The smallest absolute Gasteiger partial charge is 0.263 e. The first kappa shape index (κ1) is 18.5. The van der Waals surface area contributed by atoms with Crippen molar-refractivity contribution in [3.63, 3.8) is 0 Å². The number of hydrogen-bond acceptors (Lipinski definition) is 3. The molecule has 0 unspecified atom stereocenters. The van der Waals surface area contributed by atoms with Gasteiger partial charge >= 0.3 is 0 Å². The van der Waals surface area contributed by atoms with Gasteiger partial charge in [-0.2, -0.15) is 0 Å². The molecule has 3 aromatic rings. The number of nitrogens with one attached hydrogen (secondary N) is 1. The number of nitrogens with zero attached hydrogens (tertiary/aromatic N) is 1. The summed E-state index contributed by atoms with van der Waals surface area (Å²) in [5, 5.41) is 2.78. The van der Waals surface area contributed by atoms with Crippen molar-refractivity contribution in [3.05, 3.63) is 93.9 Å². The van der Waals surface area contributed by atoms with Crippen LogP contribution >= 0.6 is 0 Å². The SMILES string of the molecule is CCOc1ccccc1NC(=O)c1cccn(Cc2cccc(C)c2)c1=O. The maximum atomic E-state index is 12.8. The van der Waals surface area contributed by atoms with Crippen LogP contribution in [-0.4, -0.2) is 17.1 Å². The zero-order valence-corrected chi connectivity index (χ0v) is 15.4. The molecule has 27 heavy (non-hydrogen) atoms. The lowest BCUT2D eigenvalue weighted by atomic mass is 10.1. The molecular formula is C22H22N2O3. The first-order valence-electron chi connectivity index (χ1n) is 8.86. The van der Waals surface area contributed by atoms with E-state index in [4.69, 9.17) is 4.74 Å². The molecule has 1 N–H and O–H groups in total. The quantitative estimate of drug-likeness (QED) is 0.724. The van der Waals surface area contributed by atoms with Gasteiger partial charge in [-0.15, -0.1) is 0 Å². The van der Waals surface area contributed by atoms with E-state index in [-0.39, 0.29) is 11.1 Å². The Kier molecular flexibility index (Phi) is 5.71. The number of carbonyl (C=O) groups is 1. The van der Waals surface area contributed by atoms with Crippen LogP contribution in [0.25, 0.3) is 0 Å². The third-order valence-electron chi connectivity index (χ3n) is 4.14. The minimum atomic E-state index is -0.453. The number of rotatable bonds is 6. The summed E-state index contributed by atoms with van der Waals surface area (Å²) in [5.41, 5.74) is 2.44. The van der Waals surface area contributed by atoms with Gasteiger partial charge in [0.1, 0.15) is 11.3 Å². The molecule has 5 nitrogen and oxygen atoms in total. The molecule has 0 bridgehead atoms. The Hall–Kier alpha value is -3.34. The summed E-state index contributed by atoms with van der Waals surface area (Å²) >= 11 is 0. The highest BCUT2D eigenvalue weighted by atomic mass is 16.5. The lowest BCUT2D eigenvalue weighted by Crippen LogP contribution is -2.29. The molecule has 138 valence electrons. The van der Waals surface area contributed by atoms with Crippen LogP contribution < -0.4 is 15.6 Å². The maximum absolute atomic E-state index is 12.8. The zero-order valence-electron chi connectivity index (χ0n) is 15.4. The van der Waals surface area contributed by atoms with Crippen molar-refractivity contribution < 1.29 is 9.53 Å². The Balaban J connectivity index is 1.85. The van der Waals surface area contributed by atoms with Crippen molar-refractivity contribution in [1.82, 2.24) is 4.57 Å². The molecule has 1 amide bonds. The molecule has 0 atom stereocenters. The highest BCUT2D eigenvalue weighted by Gasteiger charge is 2.14. The van der Waals surface area contributed by atoms with Crippen LogP contribution in [0.4, 0.5) is 5.69 Å². The normalized spacial score (nSPS) is 10.4. The van der Waals surface area contributed by atoms with Crippen LogP contribution in [0.2, 0.25) is 0 Å². The van der Waals surface area contributed by atoms with Gasteiger partial charge in [0.15, 0.2) is 0 Å². The number of carbonyl (C=O) groups excluding carboxylic acids is 1. The molecule has 0 saturated heterocycles. The summed E-state index contributed by atoms with van der Waals surface area (Å²) in [6.07, 6.45) is 1.69.